The Kier molecular flexibility index (Phi) is 4.48. The average Bonchev–Trinajstić information content (AvgIpc) is 2.38. The average molecular weight is 250 g/mol. The van der Waals surface area contributed by atoms with Gasteiger partial charge >= 0.3 is 0 Å². The van der Waals surface area contributed by atoms with Crippen LogP contribution in [0.3, 0.4) is 0 Å². The molecule has 1 aliphatic rings. The van der Waals surface area contributed by atoms with Crippen LogP contribution in [0.4, 0.5) is 0 Å². The molecular weight excluding hydrogens is 228 g/mol. The molecule has 0 aliphatic carbocycles. The van der Waals surface area contributed by atoms with Crippen LogP contribution in [0.25, 0.3) is 0 Å². The molecule has 2 unspecified atom stereocenters. The first-order chi connectivity index (χ1) is 8.70. The van der Waals surface area contributed by atoms with Crippen LogP contribution in [0.5, 0.6) is 11.5 Å². The van der Waals surface area contributed by atoms with Crippen LogP contribution in [0, 0.1) is 5.92 Å². The molecule has 0 aromatic heterocycles. The van der Waals surface area contributed by atoms with Crippen LogP contribution in [-0.2, 0) is 0 Å². The molecule has 100 valence electrons. The van der Waals surface area contributed by atoms with Gasteiger partial charge in [0.05, 0.1) is 6.10 Å². The monoisotopic (exact) mass is 250 g/mol. The normalized spacial score (nSPS) is 17.3. The molecule has 1 N–H and O–H groups in total. The molecule has 0 saturated carbocycles. The predicted octanol–water partition coefficient (Wildman–Crippen LogP) is 3.32. The first-order valence-electron chi connectivity index (χ1n) is 6.78. The van der Waals surface area contributed by atoms with Gasteiger partial charge in [-0.3, -0.25) is 0 Å². The molecule has 0 bridgehead atoms. The predicted molar refractivity (Wildman–Crippen MR) is 71.1 cm³/mol. The minimum Gasteiger partial charge on any atom is -0.486 e. The lowest BCUT2D eigenvalue weighted by molar-refractivity contribution is 0.142. The summed E-state index contributed by atoms with van der Waals surface area (Å²) in [6.45, 7) is 5.54. The summed E-state index contributed by atoms with van der Waals surface area (Å²) in [4.78, 5) is 0. The number of hydrogen-bond donors (Lipinski definition) is 1. The van der Waals surface area contributed by atoms with E-state index >= 15 is 0 Å². The molecule has 2 atom stereocenters. The van der Waals surface area contributed by atoms with Crippen LogP contribution in [-0.4, -0.2) is 18.3 Å². The third-order valence-corrected chi connectivity index (χ3v) is 3.36. The van der Waals surface area contributed by atoms with E-state index in [0.717, 1.165) is 36.3 Å². The molecule has 0 radical (unpaired) electrons. The van der Waals surface area contributed by atoms with Gasteiger partial charge in [-0.2, -0.15) is 0 Å². The van der Waals surface area contributed by atoms with Gasteiger partial charge in [-0.25, -0.2) is 0 Å². The molecule has 1 aliphatic heterocycles. The Labute approximate surface area is 109 Å². The summed E-state index contributed by atoms with van der Waals surface area (Å²) in [7, 11) is 0. The van der Waals surface area contributed by atoms with Crippen molar-refractivity contribution in [2.75, 3.05) is 13.2 Å². The zero-order chi connectivity index (χ0) is 13.0. The third-order valence-electron chi connectivity index (χ3n) is 3.36. The summed E-state index contributed by atoms with van der Waals surface area (Å²) in [5, 5.41) is 10.2. The van der Waals surface area contributed by atoms with Crippen molar-refractivity contribution in [3.63, 3.8) is 0 Å². The van der Waals surface area contributed by atoms with Crippen molar-refractivity contribution in [1.82, 2.24) is 0 Å². The van der Waals surface area contributed by atoms with E-state index in [1.165, 1.54) is 0 Å². The highest BCUT2D eigenvalue weighted by atomic mass is 16.6. The fourth-order valence-corrected chi connectivity index (χ4v) is 2.40. The van der Waals surface area contributed by atoms with Crippen molar-refractivity contribution >= 4 is 0 Å². The fourth-order valence-electron chi connectivity index (χ4n) is 2.40. The largest absolute Gasteiger partial charge is 0.486 e. The Bertz CT molecular complexity index is 389. The van der Waals surface area contributed by atoms with Gasteiger partial charge in [0, 0.05) is 0 Å². The van der Waals surface area contributed by atoms with Crippen molar-refractivity contribution in [3.05, 3.63) is 23.8 Å². The molecule has 3 heteroatoms. The topological polar surface area (TPSA) is 38.7 Å². The number of hydrogen-bond acceptors (Lipinski definition) is 3. The van der Waals surface area contributed by atoms with Crippen LogP contribution < -0.4 is 9.47 Å². The number of benzene rings is 1. The summed E-state index contributed by atoms with van der Waals surface area (Å²) in [6, 6.07) is 5.71. The molecule has 18 heavy (non-hydrogen) atoms. The first-order valence-corrected chi connectivity index (χ1v) is 6.78. The molecule has 2 rings (SSSR count). The molecule has 1 aromatic carbocycles. The molecule has 0 saturated heterocycles. The van der Waals surface area contributed by atoms with E-state index in [4.69, 9.17) is 9.47 Å². The number of aliphatic hydroxyl groups is 1. The van der Waals surface area contributed by atoms with Crippen molar-refractivity contribution in [2.24, 2.45) is 5.92 Å². The Morgan fingerprint density at radius 1 is 1.22 bits per heavy atom. The standard InChI is InChI=1S/C15H22O3/c1-3-4-11(2)9-13(16)12-5-6-14-15(10-12)18-8-7-17-14/h5-6,10-11,13,16H,3-4,7-9H2,1-2H3. The van der Waals surface area contributed by atoms with Crippen molar-refractivity contribution in [1.29, 1.82) is 0 Å². The van der Waals surface area contributed by atoms with Gasteiger partial charge in [-0.15, -0.1) is 0 Å². The number of ether oxygens (including phenoxy) is 2. The summed E-state index contributed by atoms with van der Waals surface area (Å²) >= 11 is 0. The Hall–Kier alpha value is -1.22. The van der Waals surface area contributed by atoms with Gasteiger partial charge in [0.25, 0.3) is 0 Å². The highest BCUT2D eigenvalue weighted by Gasteiger charge is 2.16. The zero-order valence-corrected chi connectivity index (χ0v) is 11.2. The second-order valence-corrected chi connectivity index (χ2v) is 5.05. The van der Waals surface area contributed by atoms with Crippen LogP contribution in [0.15, 0.2) is 18.2 Å². The molecule has 0 spiro atoms. The quantitative estimate of drug-likeness (QED) is 0.871. The summed E-state index contributed by atoms with van der Waals surface area (Å²) in [5.41, 5.74) is 0.919. The lowest BCUT2D eigenvalue weighted by atomic mass is 9.95. The first kappa shape index (κ1) is 13.2. The summed E-state index contributed by atoms with van der Waals surface area (Å²) in [6.07, 6.45) is 2.70. The van der Waals surface area contributed by atoms with E-state index < -0.39 is 6.10 Å². The maximum absolute atomic E-state index is 10.2. The molecule has 3 nitrogen and oxygen atoms in total. The Morgan fingerprint density at radius 3 is 2.67 bits per heavy atom. The maximum Gasteiger partial charge on any atom is 0.161 e. The van der Waals surface area contributed by atoms with E-state index in [-0.39, 0.29) is 0 Å². The highest BCUT2D eigenvalue weighted by Crippen LogP contribution is 2.34. The van der Waals surface area contributed by atoms with Crippen LogP contribution >= 0.6 is 0 Å². The van der Waals surface area contributed by atoms with E-state index in [2.05, 4.69) is 13.8 Å². The second kappa shape index (κ2) is 6.10. The molecule has 1 aromatic rings. The van der Waals surface area contributed by atoms with Crippen LogP contribution in [0.1, 0.15) is 44.8 Å². The number of aliphatic hydroxyl groups excluding tert-OH is 1. The maximum atomic E-state index is 10.2. The SMILES string of the molecule is CCCC(C)CC(O)c1ccc2c(c1)OCCO2. The van der Waals surface area contributed by atoms with E-state index in [0.29, 0.717) is 19.1 Å². The minimum absolute atomic E-state index is 0.414. The lowest BCUT2D eigenvalue weighted by Gasteiger charge is -2.21. The van der Waals surface area contributed by atoms with Gasteiger partial charge in [0.1, 0.15) is 13.2 Å². The minimum atomic E-state index is -0.414. The van der Waals surface area contributed by atoms with Crippen molar-refractivity contribution < 1.29 is 14.6 Å². The van der Waals surface area contributed by atoms with Crippen LogP contribution in [0.2, 0.25) is 0 Å². The van der Waals surface area contributed by atoms with Gasteiger partial charge < -0.3 is 14.6 Å². The van der Waals surface area contributed by atoms with Gasteiger partial charge in [0.15, 0.2) is 11.5 Å². The Balaban J connectivity index is 2.04. The second-order valence-electron chi connectivity index (χ2n) is 5.05. The zero-order valence-electron chi connectivity index (χ0n) is 11.2. The smallest absolute Gasteiger partial charge is 0.161 e. The molecule has 0 amide bonds. The highest BCUT2D eigenvalue weighted by molar-refractivity contribution is 5.44. The van der Waals surface area contributed by atoms with Gasteiger partial charge in [-0.1, -0.05) is 32.8 Å². The molecule has 1 heterocycles. The lowest BCUT2D eigenvalue weighted by Crippen LogP contribution is -2.15. The third kappa shape index (κ3) is 3.16. The summed E-state index contributed by atoms with van der Waals surface area (Å²) < 4.78 is 11.0. The van der Waals surface area contributed by atoms with Crippen molar-refractivity contribution in [2.45, 2.75) is 39.2 Å². The van der Waals surface area contributed by atoms with E-state index in [1.54, 1.807) is 0 Å². The fraction of sp³-hybridized carbons (Fsp3) is 0.600. The summed E-state index contributed by atoms with van der Waals surface area (Å²) in [5.74, 6) is 2.07. The van der Waals surface area contributed by atoms with E-state index in [1.807, 2.05) is 18.2 Å². The van der Waals surface area contributed by atoms with E-state index in [9.17, 15) is 5.11 Å². The number of fused-ring (bicyclic) bond motifs is 1. The molecular formula is C15H22O3. The number of rotatable bonds is 5. The molecule has 0 fully saturated rings. The van der Waals surface area contributed by atoms with Crippen molar-refractivity contribution in [3.8, 4) is 11.5 Å². The van der Waals surface area contributed by atoms with Gasteiger partial charge in [0.2, 0.25) is 0 Å². The van der Waals surface area contributed by atoms with Gasteiger partial charge in [-0.05, 0) is 30.0 Å². The Morgan fingerprint density at radius 2 is 1.94 bits per heavy atom.